The number of methoxy groups -OCH3 is 2. The molecule has 0 radical (unpaired) electrons. The topological polar surface area (TPSA) is 73.9 Å². The van der Waals surface area contributed by atoms with Gasteiger partial charge >= 0.3 is 5.97 Å². The van der Waals surface area contributed by atoms with Crippen LogP contribution in [0.2, 0.25) is 0 Å². The first kappa shape index (κ1) is 22.0. The molecule has 0 fully saturated rings. The first-order valence-corrected chi connectivity index (χ1v) is 9.39. The third-order valence-electron chi connectivity index (χ3n) is 4.47. The number of carbonyl (C=O) groups excluding carboxylic acids is 2. The zero-order chi connectivity index (χ0) is 21.4. The van der Waals surface area contributed by atoms with E-state index < -0.39 is 12.1 Å². The van der Waals surface area contributed by atoms with Gasteiger partial charge in [-0.25, -0.2) is 4.79 Å². The summed E-state index contributed by atoms with van der Waals surface area (Å²) in [4.78, 5) is 24.6. The number of aryl methyl sites for hydroxylation is 2. The van der Waals surface area contributed by atoms with Crippen molar-refractivity contribution in [2.75, 3.05) is 19.5 Å². The molecule has 0 spiro atoms. The Kier molecular flexibility index (Phi) is 7.83. The maximum absolute atomic E-state index is 12.5. The van der Waals surface area contributed by atoms with Crippen LogP contribution in [0.5, 0.6) is 11.5 Å². The summed E-state index contributed by atoms with van der Waals surface area (Å²) in [6.07, 6.45) is 2.73. The van der Waals surface area contributed by atoms with Crippen LogP contribution >= 0.6 is 0 Å². The number of nitrogens with one attached hydrogen (secondary N) is 1. The molecule has 154 valence electrons. The Hall–Kier alpha value is -3.28. The quantitative estimate of drug-likeness (QED) is 0.535. The fourth-order valence-corrected chi connectivity index (χ4v) is 2.81. The predicted molar refractivity (Wildman–Crippen MR) is 113 cm³/mol. The third kappa shape index (κ3) is 5.85. The van der Waals surface area contributed by atoms with Crippen LogP contribution in [0.3, 0.4) is 0 Å². The second kappa shape index (κ2) is 10.3. The van der Waals surface area contributed by atoms with E-state index in [0.717, 1.165) is 28.8 Å². The molecule has 0 unspecified atom stereocenters. The van der Waals surface area contributed by atoms with E-state index in [9.17, 15) is 9.59 Å². The fourth-order valence-electron chi connectivity index (χ4n) is 2.81. The largest absolute Gasteiger partial charge is 0.493 e. The van der Waals surface area contributed by atoms with E-state index in [-0.39, 0.29) is 5.91 Å². The van der Waals surface area contributed by atoms with Gasteiger partial charge < -0.3 is 19.5 Å². The highest BCUT2D eigenvalue weighted by molar-refractivity contribution is 5.97. The van der Waals surface area contributed by atoms with E-state index in [4.69, 9.17) is 14.2 Å². The number of hydrogen-bond donors (Lipinski definition) is 1. The smallest absolute Gasteiger partial charge is 0.331 e. The van der Waals surface area contributed by atoms with Gasteiger partial charge in [0.15, 0.2) is 17.6 Å². The van der Waals surface area contributed by atoms with Crippen LogP contribution in [0.25, 0.3) is 6.08 Å². The van der Waals surface area contributed by atoms with Crippen molar-refractivity contribution < 1.29 is 23.8 Å². The Morgan fingerprint density at radius 3 is 2.48 bits per heavy atom. The minimum absolute atomic E-state index is 0.373. The molecule has 2 rings (SSSR count). The number of carbonyl (C=O) groups is 2. The number of para-hydroxylation sites is 1. The highest BCUT2D eigenvalue weighted by atomic mass is 16.5. The number of esters is 1. The van der Waals surface area contributed by atoms with Gasteiger partial charge in [0.25, 0.3) is 5.91 Å². The number of anilines is 1. The van der Waals surface area contributed by atoms with Gasteiger partial charge in [0.05, 0.1) is 14.2 Å². The fraction of sp³-hybridized carbons (Fsp3) is 0.304. The predicted octanol–water partition coefficient (Wildman–Crippen LogP) is 4.16. The third-order valence-corrected chi connectivity index (χ3v) is 4.47. The highest BCUT2D eigenvalue weighted by Crippen LogP contribution is 2.28. The molecular weight excluding hydrogens is 370 g/mol. The van der Waals surface area contributed by atoms with Gasteiger partial charge in [-0.15, -0.1) is 0 Å². The van der Waals surface area contributed by atoms with Gasteiger partial charge in [-0.1, -0.05) is 31.2 Å². The number of hydrogen-bond acceptors (Lipinski definition) is 5. The molecule has 6 nitrogen and oxygen atoms in total. The monoisotopic (exact) mass is 397 g/mol. The van der Waals surface area contributed by atoms with E-state index in [1.807, 2.05) is 32.0 Å². The van der Waals surface area contributed by atoms with Crippen molar-refractivity contribution in [1.82, 2.24) is 0 Å². The van der Waals surface area contributed by atoms with Crippen LogP contribution in [0, 0.1) is 6.92 Å². The maximum Gasteiger partial charge on any atom is 0.331 e. The van der Waals surface area contributed by atoms with Crippen molar-refractivity contribution in [2.24, 2.45) is 0 Å². The molecule has 1 atom stereocenters. The molecule has 0 aromatic heterocycles. The Labute approximate surface area is 171 Å². The molecule has 1 amide bonds. The summed E-state index contributed by atoms with van der Waals surface area (Å²) >= 11 is 0. The Morgan fingerprint density at radius 2 is 1.83 bits per heavy atom. The summed E-state index contributed by atoms with van der Waals surface area (Å²) in [5.41, 5.74) is 3.50. The molecule has 29 heavy (non-hydrogen) atoms. The second-order valence-corrected chi connectivity index (χ2v) is 6.48. The van der Waals surface area contributed by atoms with E-state index in [0.29, 0.717) is 11.5 Å². The van der Waals surface area contributed by atoms with Crippen molar-refractivity contribution in [3.63, 3.8) is 0 Å². The lowest BCUT2D eigenvalue weighted by Gasteiger charge is -2.16. The van der Waals surface area contributed by atoms with Crippen molar-refractivity contribution in [3.8, 4) is 11.5 Å². The lowest BCUT2D eigenvalue weighted by molar-refractivity contribution is -0.148. The van der Waals surface area contributed by atoms with E-state index in [2.05, 4.69) is 5.32 Å². The number of rotatable bonds is 8. The van der Waals surface area contributed by atoms with E-state index in [1.165, 1.54) is 13.2 Å². The van der Waals surface area contributed by atoms with Crippen molar-refractivity contribution in [2.45, 2.75) is 33.3 Å². The Balaban J connectivity index is 2.00. The lowest BCUT2D eigenvalue weighted by Crippen LogP contribution is -2.30. The summed E-state index contributed by atoms with van der Waals surface area (Å²) in [6, 6.07) is 11.1. The van der Waals surface area contributed by atoms with Gasteiger partial charge in [0, 0.05) is 11.8 Å². The molecule has 1 N–H and O–H groups in total. The molecule has 0 saturated carbocycles. The van der Waals surface area contributed by atoms with Gasteiger partial charge in [-0.2, -0.15) is 0 Å². The number of ether oxygens (including phenoxy) is 3. The molecule has 0 aliphatic carbocycles. The van der Waals surface area contributed by atoms with Crippen molar-refractivity contribution >= 4 is 23.6 Å². The summed E-state index contributed by atoms with van der Waals surface area (Å²) in [5.74, 6) is 0.172. The molecule has 2 aromatic rings. The van der Waals surface area contributed by atoms with Crippen molar-refractivity contribution in [1.29, 1.82) is 0 Å². The van der Waals surface area contributed by atoms with Crippen LogP contribution < -0.4 is 14.8 Å². The summed E-state index contributed by atoms with van der Waals surface area (Å²) < 4.78 is 15.6. The van der Waals surface area contributed by atoms with Crippen LogP contribution in [0.1, 0.15) is 30.5 Å². The zero-order valence-electron chi connectivity index (χ0n) is 17.4. The Bertz CT molecular complexity index is 904. The molecule has 0 aliphatic heterocycles. The molecule has 0 heterocycles. The van der Waals surface area contributed by atoms with Gasteiger partial charge in [0.1, 0.15) is 0 Å². The Morgan fingerprint density at radius 1 is 1.10 bits per heavy atom. The van der Waals surface area contributed by atoms with Crippen LogP contribution in [-0.2, 0) is 20.7 Å². The van der Waals surface area contributed by atoms with Gasteiger partial charge in [0.2, 0.25) is 0 Å². The van der Waals surface area contributed by atoms with Crippen molar-refractivity contribution in [3.05, 3.63) is 59.2 Å². The first-order chi connectivity index (χ1) is 13.9. The SMILES string of the molecule is CCc1cccc(C)c1NC(=O)[C@H](C)OC(=O)/C=C/c1ccc(OC)c(OC)c1. The van der Waals surface area contributed by atoms with Crippen LogP contribution in [0.4, 0.5) is 5.69 Å². The molecule has 0 saturated heterocycles. The maximum atomic E-state index is 12.5. The molecule has 6 heteroatoms. The lowest BCUT2D eigenvalue weighted by atomic mass is 10.1. The molecule has 2 aromatic carbocycles. The van der Waals surface area contributed by atoms with E-state index >= 15 is 0 Å². The second-order valence-electron chi connectivity index (χ2n) is 6.48. The van der Waals surface area contributed by atoms with Gasteiger partial charge in [-0.05, 0) is 55.2 Å². The minimum Gasteiger partial charge on any atom is -0.493 e. The molecule has 0 bridgehead atoms. The molecular formula is C23H27NO5. The van der Waals surface area contributed by atoms with Crippen LogP contribution in [0.15, 0.2) is 42.5 Å². The minimum atomic E-state index is -0.929. The highest BCUT2D eigenvalue weighted by Gasteiger charge is 2.18. The number of benzene rings is 2. The zero-order valence-corrected chi connectivity index (χ0v) is 17.4. The number of amides is 1. The normalized spacial score (nSPS) is 11.8. The van der Waals surface area contributed by atoms with Crippen LogP contribution in [-0.4, -0.2) is 32.2 Å². The van der Waals surface area contributed by atoms with E-state index in [1.54, 1.807) is 38.3 Å². The summed E-state index contributed by atoms with van der Waals surface area (Å²) in [5, 5.41) is 2.87. The average molecular weight is 397 g/mol. The summed E-state index contributed by atoms with van der Waals surface area (Å²) in [6.45, 7) is 5.49. The standard InChI is InChI=1S/C23H27NO5/c1-6-18-9-7-8-15(2)22(18)24-23(26)16(3)29-21(25)13-11-17-10-12-19(27-4)20(14-17)28-5/h7-14,16H,6H2,1-5H3,(H,24,26)/b13-11+/t16-/m0/s1. The average Bonchev–Trinajstić information content (AvgIpc) is 2.73. The van der Waals surface area contributed by atoms with Gasteiger partial charge in [-0.3, -0.25) is 4.79 Å². The summed E-state index contributed by atoms with van der Waals surface area (Å²) in [7, 11) is 3.09. The first-order valence-electron chi connectivity index (χ1n) is 9.39. The molecule has 0 aliphatic rings.